The van der Waals surface area contributed by atoms with Crippen LogP contribution in [0.25, 0.3) is 0 Å². The Labute approximate surface area is 232 Å². The summed E-state index contributed by atoms with van der Waals surface area (Å²) in [5.74, 6) is 1.63. The molecular weight excluding hydrogens is 512 g/mol. The number of carbonyl (C=O) groups excluding carboxylic acids is 2. The van der Waals surface area contributed by atoms with Gasteiger partial charge in [0.25, 0.3) is 5.91 Å². The molecule has 4 rings (SSSR count). The smallest absolute Gasteiger partial charge is 0.255 e. The summed E-state index contributed by atoms with van der Waals surface area (Å²) in [5, 5.41) is 9.55. The normalized spacial score (nSPS) is 11.1. The van der Waals surface area contributed by atoms with Gasteiger partial charge in [-0.2, -0.15) is 9.97 Å². The van der Waals surface area contributed by atoms with Crippen LogP contribution in [0.1, 0.15) is 42.5 Å². The van der Waals surface area contributed by atoms with Crippen molar-refractivity contribution < 1.29 is 23.6 Å². The van der Waals surface area contributed by atoms with Crippen molar-refractivity contribution in [2.45, 2.75) is 32.6 Å². The van der Waals surface area contributed by atoms with Crippen molar-refractivity contribution in [3.63, 3.8) is 0 Å². The Morgan fingerprint density at radius 3 is 2.20 bits per heavy atom. The van der Waals surface area contributed by atoms with Crippen molar-refractivity contribution in [2.24, 2.45) is 0 Å². The number of nitrogens with zero attached hydrogens (tertiary/aromatic N) is 4. The SMILES string of the molecule is COc1cc(OC)nc(N(C)c2cccc(C(=O)Nc3ccc(CC(=O)Nc4cc(C(C)(C)C)on4)cc3)c2)n1. The van der Waals surface area contributed by atoms with Gasteiger partial charge in [-0.1, -0.05) is 44.1 Å². The number of hydrogen-bond donors (Lipinski definition) is 2. The molecule has 2 heterocycles. The van der Waals surface area contributed by atoms with Crippen LogP contribution < -0.4 is 25.0 Å². The summed E-state index contributed by atoms with van der Waals surface area (Å²) in [6.07, 6.45) is 0.150. The van der Waals surface area contributed by atoms with E-state index in [0.29, 0.717) is 46.2 Å². The fourth-order valence-electron chi connectivity index (χ4n) is 3.69. The Hall–Kier alpha value is -4.93. The first-order chi connectivity index (χ1) is 19.0. The van der Waals surface area contributed by atoms with Gasteiger partial charge in [0, 0.05) is 35.5 Å². The van der Waals surface area contributed by atoms with E-state index in [1.807, 2.05) is 26.8 Å². The van der Waals surface area contributed by atoms with Gasteiger partial charge in [0.05, 0.1) is 26.7 Å². The number of rotatable bonds is 9. The summed E-state index contributed by atoms with van der Waals surface area (Å²) in [6, 6.07) is 17.5. The van der Waals surface area contributed by atoms with E-state index in [9.17, 15) is 9.59 Å². The number of methoxy groups -OCH3 is 2. The molecule has 2 aromatic heterocycles. The summed E-state index contributed by atoms with van der Waals surface area (Å²) in [7, 11) is 4.81. The van der Waals surface area contributed by atoms with Crippen molar-refractivity contribution in [3.05, 3.63) is 77.6 Å². The monoisotopic (exact) mass is 544 g/mol. The maximum Gasteiger partial charge on any atom is 0.255 e. The molecule has 0 atom stereocenters. The molecule has 0 saturated carbocycles. The van der Waals surface area contributed by atoms with E-state index in [4.69, 9.17) is 14.0 Å². The number of ether oxygens (including phenoxy) is 2. The van der Waals surface area contributed by atoms with Crippen LogP contribution in [0, 0.1) is 0 Å². The standard InChI is InChI=1S/C29H32N6O5/c1-29(2,3)22-16-23(34-40-22)31-24(36)14-18-10-12-20(13-11-18)30-27(37)19-8-7-9-21(15-19)35(4)28-32-25(38-5)17-26(33-28)39-6/h7-13,15-17H,14H2,1-6H3,(H,30,37)(H,31,34,36). The van der Waals surface area contributed by atoms with Gasteiger partial charge in [-0.05, 0) is 35.9 Å². The van der Waals surface area contributed by atoms with E-state index >= 15 is 0 Å². The van der Waals surface area contributed by atoms with E-state index in [-0.39, 0.29) is 23.7 Å². The third-order valence-electron chi connectivity index (χ3n) is 5.97. The van der Waals surface area contributed by atoms with Gasteiger partial charge in [-0.25, -0.2) is 0 Å². The lowest BCUT2D eigenvalue weighted by atomic mass is 9.93. The van der Waals surface area contributed by atoms with Crippen LogP contribution in [0.4, 0.5) is 23.1 Å². The van der Waals surface area contributed by atoms with Crippen molar-refractivity contribution in [1.82, 2.24) is 15.1 Å². The fraction of sp³-hybridized carbons (Fsp3) is 0.276. The minimum Gasteiger partial charge on any atom is -0.481 e. The topological polar surface area (TPSA) is 132 Å². The summed E-state index contributed by atoms with van der Waals surface area (Å²) in [5.41, 5.74) is 2.33. The number of carbonyl (C=O) groups is 2. The first-order valence-electron chi connectivity index (χ1n) is 12.5. The van der Waals surface area contributed by atoms with E-state index in [1.54, 1.807) is 66.5 Å². The molecule has 40 heavy (non-hydrogen) atoms. The van der Waals surface area contributed by atoms with Crippen molar-refractivity contribution in [1.29, 1.82) is 0 Å². The molecule has 0 fully saturated rings. The molecule has 11 heteroatoms. The summed E-state index contributed by atoms with van der Waals surface area (Å²) < 4.78 is 15.8. The largest absolute Gasteiger partial charge is 0.481 e. The third kappa shape index (κ3) is 6.93. The molecule has 0 aliphatic carbocycles. The second-order valence-corrected chi connectivity index (χ2v) is 10.1. The molecule has 0 saturated heterocycles. The number of hydrogen-bond acceptors (Lipinski definition) is 9. The van der Waals surface area contributed by atoms with Crippen LogP contribution in [0.2, 0.25) is 0 Å². The van der Waals surface area contributed by atoms with Gasteiger partial charge >= 0.3 is 0 Å². The van der Waals surface area contributed by atoms with E-state index in [2.05, 4.69) is 25.8 Å². The Morgan fingerprint density at radius 1 is 0.925 bits per heavy atom. The molecule has 2 N–H and O–H groups in total. The Morgan fingerprint density at radius 2 is 1.60 bits per heavy atom. The molecule has 0 spiro atoms. The van der Waals surface area contributed by atoms with Gasteiger partial charge in [-0.3, -0.25) is 9.59 Å². The zero-order chi connectivity index (χ0) is 28.9. The van der Waals surface area contributed by atoms with E-state index < -0.39 is 0 Å². The predicted molar refractivity (Wildman–Crippen MR) is 152 cm³/mol. The molecule has 208 valence electrons. The molecule has 0 bridgehead atoms. The number of anilines is 4. The summed E-state index contributed by atoms with van der Waals surface area (Å²) in [4.78, 5) is 35.9. The molecule has 2 aromatic carbocycles. The average molecular weight is 545 g/mol. The first kappa shape index (κ1) is 28.1. The van der Waals surface area contributed by atoms with Gasteiger partial charge in [0.15, 0.2) is 5.82 Å². The highest BCUT2D eigenvalue weighted by atomic mass is 16.5. The Bertz CT molecular complexity index is 1470. The minimum absolute atomic E-state index is 0.150. The number of nitrogens with one attached hydrogen (secondary N) is 2. The van der Waals surface area contributed by atoms with Crippen molar-refractivity contribution in [3.8, 4) is 11.8 Å². The van der Waals surface area contributed by atoms with Crippen LogP contribution in [0.3, 0.4) is 0 Å². The summed E-state index contributed by atoms with van der Waals surface area (Å²) >= 11 is 0. The predicted octanol–water partition coefficient (Wildman–Crippen LogP) is 4.98. The molecule has 2 amide bonds. The van der Waals surface area contributed by atoms with Crippen molar-refractivity contribution >= 4 is 35.0 Å². The van der Waals surface area contributed by atoms with Crippen LogP contribution in [0.5, 0.6) is 11.8 Å². The lowest BCUT2D eigenvalue weighted by molar-refractivity contribution is -0.115. The number of amides is 2. The molecule has 0 unspecified atom stereocenters. The molecule has 0 radical (unpaired) electrons. The quantitative estimate of drug-likeness (QED) is 0.299. The third-order valence-corrected chi connectivity index (χ3v) is 5.97. The maximum absolute atomic E-state index is 13.0. The van der Waals surface area contributed by atoms with E-state index in [0.717, 1.165) is 5.56 Å². The van der Waals surface area contributed by atoms with E-state index in [1.165, 1.54) is 14.2 Å². The Balaban J connectivity index is 1.38. The highest BCUT2D eigenvalue weighted by molar-refractivity contribution is 6.05. The second kappa shape index (κ2) is 11.9. The Kier molecular flexibility index (Phi) is 8.32. The van der Waals surface area contributed by atoms with Gasteiger partial charge in [0.1, 0.15) is 5.76 Å². The van der Waals surface area contributed by atoms with Crippen LogP contribution >= 0.6 is 0 Å². The lowest BCUT2D eigenvalue weighted by Crippen LogP contribution is -2.16. The fourth-order valence-corrected chi connectivity index (χ4v) is 3.69. The molecule has 11 nitrogen and oxygen atoms in total. The zero-order valence-corrected chi connectivity index (χ0v) is 23.3. The molecule has 4 aromatic rings. The highest BCUT2D eigenvalue weighted by Crippen LogP contribution is 2.27. The van der Waals surface area contributed by atoms with Crippen LogP contribution in [0.15, 0.2) is 65.2 Å². The van der Waals surface area contributed by atoms with Gasteiger partial charge in [0.2, 0.25) is 23.6 Å². The van der Waals surface area contributed by atoms with Crippen molar-refractivity contribution in [2.75, 3.05) is 36.8 Å². The molecule has 0 aliphatic rings. The highest BCUT2D eigenvalue weighted by Gasteiger charge is 2.20. The second-order valence-electron chi connectivity index (χ2n) is 10.1. The zero-order valence-electron chi connectivity index (χ0n) is 23.3. The maximum atomic E-state index is 13.0. The average Bonchev–Trinajstić information content (AvgIpc) is 3.42. The summed E-state index contributed by atoms with van der Waals surface area (Å²) in [6.45, 7) is 6.01. The number of aromatic nitrogens is 3. The minimum atomic E-state index is -0.287. The first-order valence-corrected chi connectivity index (χ1v) is 12.5. The lowest BCUT2D eigenvalue weighted by Gasteiger charge is -2.19. The molecular formula is C29H32N6O5. The molecule has 0 aliphatic heterocycles. The number of benzene rings is 2. The van der Waals surface area contributed by atoms with Gasteiger partial charge in [-0.15, -0.1) is 0 Å². The van der Waals surface area contributed by atoms with Crippen LogP contribution in [-0.4, -0.2) is 48.2 Å². The van der Waals surface area contributed by atoms with Gasteiger partial charge < -0.3 is 29.5 Å². The van der Waals surface area contributed by atoms with Crippen LogP contribution in [-0.2, 0) is 16.6 Å².